The van der Waals surface area contributed by atoms with Crippen molar-refractivity contribution in [2.75, 3.05) is 55.3 Å². The summed E-state index contributed by atoms with van der Waals surface area (Å²) in [7, 11) is 1.36. The molecular weight excluding hydrogens is 598 g/mol. The molecular formula is C35H51F4N5O2. The van der Waals surface area contributed by atoms with Crippen LogP contribution in [0.4, 0.5) is 34.8 Å². The van der Waals surface area contributed by atoms with Crippen molar-refractivity contribution in [2.45, 2.75) is 79.9 Å². The molecule has 46 heavy (non-hydrogen) atoms. The van der Waals surface area contributed by atoms with Gasteiger partial charge < -0.3 is 15.5 Å². The van der Waals surface area contributed by atoms with E-state index >= 15 is 0 Å². The Balaban J connectivity index is 0.000000241. The Labute approximate surface area is 271 Å². The Morgan fingerprint density at radius 2 is 1.72 bits per heavy atom. The minimum atomic E-state index is -4.41. The van der Waals surface area contributed by atoms with Gasteiger partial charge in [-0.3, -0.25) is 14.5 Å². The van der Waals surface area contributed by atoms with Gasteiger partial charge in [0.05, 0.1) is 0 Å². The summed E-state index contributed by atoms with van der Waals surface area (Å²) in [4.78, 5) is 30.8. The third-order valence-electron chi connectivity index (χ3n) is 8.11. The summed E-state index contributed by atoms with van der Waals surface area (Å²) < 4.78 is 48.8. The number of pyridine rings is 1. The number of aryl methyl sites for hydroxylation is 2. The van der Waals surface area contributed by atoms with Crippen LogP contribution in [0.3, 0.4) is 0 Å². The minimum absolute atomic E-state index is 0.0568. The highest BCUT2D eigenvalue weighted by Gasteiger charge is 2.29. The van der Waals surface area contributed by atoms with E-state index in [1.165, 1.54) is 38.3 Å². The van der Waals surface area contributed by atoms with Crippen molar-refractivity contribution < 1.29 is 17.6 Å². The molecule has 0 bridgehead atoms. The van der Waals surface area contributed by atoms with E-state index in [9.17, 15) is 27.2 Å². The van der Waals surface area contributed by atoms with Crippen molar-refractivity contribution in [1.29, 1.82) is 0 Å². The second-order valence-corrected chi connectivity index (χ2v) is 12.3. The number of halogens is 4. The van der Waals surface area contributed by atoms with Gasteiger partial charge in [0.25, 0.3) is 10.9 Å². The van der Waals surface area contributed by atoms with Crippen molar-refractivity contribution in [3.63, 3.8) is 0 Å². The molecule has 0 spiro atoms. The molecule has 3 aromatic rings. The SMILES string of the molecule is CCCN(CC(C)CC)c1ncccc1C.CNc1c(NCC(F)(F)F)c(=O)c1=O.Cc1ccc(CN2CCC(C)CC2)c(F)c1. The Morgan fingerprint density at radius 1 is 1.07 bits per heavy atom. The number of aromatic nitrogens is 1. The third kappa shape index (κ3) is 12.4. The van der Waals surface area contributed by atoms with Gasteiger partial charge in [-0.25, -0.2) is 9.37 Å². The lowest BCUT2D eigenvalue weighted by Gasteiger charge is -2.30. The highest BCUT2D eigenvalue weighted by molar-refractivity contribution is 5.73. The normalized spacial score (nSPS) is 14.5. The standard InChI is InChI=1S/C14H20FN.C14H24N2.C7H7F3N2O2/c1-11-5-7-16(8-6-11)10-13-4-3-12(2)9-14(13)15;1-5-10-16(11-12(3)6-2)14-13(4)8-7-9-15-14;1-11-3-4(6(14)5(3)13)12-2-7(8,9)10/h3-4,9,11H,5-8,10H2,1-2H3;7-9,12H,5-6,10-11H2,1-4H3;11-12H,2H2,1H3. The van der Waals surface area contributed by atoms with Crippen molar-refractivity contribution in [1.82, 2.24) is 9.88 Å². The number of nitrogens with zero attached hydrogens (tertiary/aromatic N) is 3. The first-order valence-electron chi connectivity index (χ1n) is 16.2. The topological polar surface area (TPSA) is 77.6 Å². The summed E-state index contributed by atoms with van der Waals surface area (Å²) >= 11 is 0. The Kier molecular flexibility index (Phi) is 15.7. The number of anilines is 3. The molecule has 0 amide bonds. The lowest BCUT2D eigenvalue weighted by Crippen LogP contribution is -2.38. The molecule has 1 atom stereocenters. The second kappa shape index (κ2) is 18.6. The number of alkyl halides is 3. The molecule has 2 aromatic carbocycles. The molecule has 7 nitrogen and oxygen atoms in total. The number of hydrogen-bond donors (Lipinski definition) is 2. The Hall–Kier alpha value is -3.47. The molecule has 11 heteroatoms. The molecule has 2 N–H and O–H groups in total. The first-order chi connectivity index (χ1) is 21.7. The van der Waals surface area contributed by atoms with E-state index in [1.807, 2.05) is 36.6 Å². The van der Waals surface area contributed by atoms with Gasteiger partial charge in [-0.1, -0.05) is 52.3 Å². The molecule has 256 valence electrons. The average Bonchev–Trinajstić information content (AvgIpc) is 3.01. The maximum atomic E-state index is 13.7. The van der Waals surface area contributed by atoms with Gasteiger partial charge in [-0.15, -0.1) is 0 Å². The van der Waals surface area contributed by atoms with E-state index in [4.69, 9.17) is 0 Å². The van der Waals surface area contributed by atoms with E-state index in [1.54, 1.807) is 6.07 Å². The highest BCUT2D eigenvalue weighted by Crippen LogP contribution is 2.21. The van der Waals surface area contributed by atoms with Crippen LogP contribution in [0.1, 0.15) is 70.1 Å². The number of hydrogen-bond acceptors (Lipinski definition) is 7. The van der Waals surface area contributed by atoms with Crippen molar-refractivity contribution in [3.05, 3.63) is 79.5 Å². The lowest BCUT2D eigenvalue weighted by molar-refractivity contribution is -0.115. The summed E-state index contributed by atoms with van der Waals surface area (Å²) in [6.07, 6.45) is 2.37. The van der Waals surface area contributed by atoms with Crippen molar-refractivity contribution >= 4 is 17.2 Å². The van der Waals surface area contributed by atoms with E-state index in [2.05, 4.69) is 60.8 Å². The maximum absolute atomic E-state index is 13.7. The van der Waals surface area contributed by atoms with Crippen molar-refractivity contribution in [3.8, 4) is 0 Å². The fourth-order valence-electron chi connectivity index (χ4n) is 5.10. The van der Waals surface area contributed by atoms with Crippen LogP contribution in [0, 0.1) is 31.5 Å². The third-order valence-corrected chi connectivity index (χ3v) is 8.11. The van der Waals surface area contributed by atoms with Gasteiger partial charge in [-0.2, -0.15) is 13.2 Å². The summed E-state index contributed by atoms with van der Waals surface area (Å²) in [5.41, 5.74) is 0.998. The molecule has 0 radical (unpaired) electrons. The first-order valence-corrected chi connectivity index (χ1v) is 16.2. The zero-order chi connectivity index (χ0) is 34.4. The Morgan fingerprint density at radius 3 is 2.26 bits per heavy atom. The quantitative estimate of drug-likeness (QED) is 0.167. The summed E-state index contributed by atoms with van der Waals surface area (Å²) in [5, 5.41) is 4.21. The fraction of sp³-hybridized carbons (Fsp3) is 0.571. The van der Waals surface area contributed by atoms with Crippen LogP contribution >= 0.6 is 0 Å². The van der Waals surface area contributed by atoms with E-state index in [-0.39, 0.29) is 17.2 Å². The van der Waals surface area contributed by atoms with Crippen molar-refractivity contribution in [2.24, 2.45) is 11.8 Å². The first kappa shape index (κ1) is 38.7. The predicted octanol–water partition coefficient (Wildman–Crippen LogP) is 7.32. The van der Waals surface area contributed by atoms with Gasteiger partial charge in [0.1, 0.15) is 29.6 Å². The molecule has 1 unspecified atom stereocenters. The van der Waals surface area contributed by atoms with Crippen LogP contribution in [-0.4, -0.2) is 55.8 Å². The van der Waals surface area contributed by atoms with Gasteiger partial charge in [0, 0.05) is 38.4 Å². The molecule has 0 aliphatic carbocycles. The molecule has 0 saturated carbocycles. The summed E-state index contributed by atoms with van der Waals surface area (Å²) in [6.45, 7) is 17.0. The van der Waals surface area contributed by atoms with Gasteiger partial charge in [0.15, 0.2) is 0 Å². The summed E-state index contributed by atoms with van der Waals surface area (Å²) in [6, 6.07) is 9.68. The molecule has 2 heterocycles. The van der Waals surface area contributed by atoms with Crippen LogP contribution in [0.25, 0.3) is 0 Å². The minimum Gasteiger partial charge on any atom is -0.383 e. The van der Waals surface area contributed by atoms with Gasteiger partial charge in [-0.05, 0) is 81.3 Å². The summed E-state index contributed by atoms with van der Waals surface area (Å²) in [5.74, 6) is 2.66. The second-order valence-electron chi connectivity index (χ2n) is 12.3. The number of nitrogens with one attached hydrogen (secondary N) is 2. The molecule has 1 fully saturated rings. The predicted molar refractivity (Wildman–Crippen MR) is 181 cm³/mol. The van der Waals surface area contributed by atoms with E-state index < -0.39 is 23.6 Å². The van der Waals surface area contributed by atoms with Crippen LogP contribution in [0.5, 0.6) is 0 Å². The molecule has 1 aliphatic rings. The average molecular weight is 650 g/mol. The monoisotopic (exact) mass is 649 g/mol. The zero-order valence-electron chi connectivity index (χ0n) is 28.4. The smallest absolute Gasteiger partial charge is 0.383 e. The fourth-order valence-corrected chi connectivity index (χ4v) is 5.10. The highest BCUT2D eigenvalue weighted by atomic mass is 19.4. The zero-order valence-corrected chi connectivity index (χ0v) is 28.4. The van der Waals surface area contributed by atoms with Gasteiger partial charge in [0.2, 0.25) is 0 Å². The maximum Gasteiger partial charge on any atom is 0.405 e. The number of likely N-dealkylation sites (tertiary alicyclic amines) is 1. The largest absolute Gasteiger partial charge is 0.405 e. The van der Waals surface area contributed by atoms with Crippen LogP contribution in [0.2, 0.25) is 0 Å². The number of benzene rings is 1. The van der Waals surface area contributed by atoms with Crippen LogP contribution in [0.15, 0.2) is 46.1 Å². The van der Waals surface area contributed by atoms with Crippen LogP contribution in [-0.2, 0) is 6.54 Å². The molecule has 1 saturated heterocycles. The van der Waals surface area contributed by atoms with E-state index in [0.29, 0.717) is 0 Å². The molecule has 1 aliphatic heterocycles. The Bertz CT molecular complexity index is 1410. The van der Waals surface area contributed by atoms with E-state index in [0.717, 1.165) is 61.5 Å². The van der Waals surface area contributed by atoms with Gasteiger partial charge >= 0.3 is 6.18 Å². The number of piperidine rings is 1. The number of rotatable bonds is 11. The molecule has 1 aromatic heterocycles. The molecule has 4 rings (SSSR count). The lowest BCUT2D eigenvalue weighted by atomic mass is 9.99. The van der Waals surface area contributed by atoms with Crippen LogP contribution < -0.4 is 26.4 Å².